The molecule has 1 aliphatic rings. The van der Waals surface area contributed by atoms with E-state index in [0.717, 1.165) is 18.2 Å². The third-order valence-electron chi connectivity index (χ3n) is 3.82. The molecule has 1 heterocycles. The molecule has 1 aliphatic heterocycles. The number of halogens is 3. The lowest BCUT2D eigenvalue weighted by Gasteiger charge is -2.17. The van der Waals surface area contributed by atoms with Crippen molar-refractivity contribution in [1.29, 1.82) is 0 Å². The zero-order chi connectivity index (χ0) is 17.3. The number of rotatable bonds is 3. The lowest BCUT2D eigenvalue weighted by molar-refractivity contribution is -0.122. The van der Waals surface area contributed by atoms with Gasteiger partial charge >= 0.3 is 0 Å². The molecule has 0 spiro atoms. The summed E-state index contributed by atoms with van der Waals surface area (Å²) in [7, 11) is 0. The van der Waals surface area contributed by atoms with E-state index in [4.69, 9.17) is 11.6 Å². The first kappa shape index (κ1) is 16.4. The average Bonchev–Trinajstić information content (AvgIpc) is 2.94. The Kier molecular flexibility index (Phi) is 4.49. The first-order valence-corrected chi connectivity index (χ1v) is 7.63. The molecule has 24 heavy (non-hydrogen) atoms. The number of carbonyl (C=O) groups excluding carboxylic acids is 2. The molecule has 2 aromatic carbocycles. The monoisotopic (exact) mass is 350 g/mol. The molecule has 1 unspecified atom stereocenters. The maximum atomic E-state index is 13.6. The van der Waals surface area contributed by atoms with Crippen molar-refractivity contribution in [2.75, 3.05) is 16.8 Å². The fourth-order valence-corrected chi connectivity index (χ4v) is 2.71. The van der Waals surface area contributed by atoms with Crippen LogP contribution < -0.4 is 10.2 Å². The van der Waals surface area contributed by atoms with Gasteiger partial charge in [-0.1, -0.05) is 11.6 Å². The molecular formula is C17H13ClF2N2O2. The van der Waals surface area contributed by atoms with E-state index < -0.39 is 23.5 Å². The molecule has 1 fully saturated rings. The van der Waals surface area contributed by atoms with Gasteiger partial charge in [-0.2, -0.15) is 0 Å². The number of hydrogen-bond acceptors (Lipinski definition) is 2. The lowest BCUT2D eigenvalue weighted by Crippen LogP contribution is -2.28. The predicted molar refractivity (Wildman–Crippen MR) is 86.9 cm³/mol. The molecule has 3 rings (SSSR count). The highest BCUT2D eigenvalue weighted by Gasteiger charge is 2.35. The van der Waals surface area contributed by atoms with Crippen molar-refractivity contribution in [3.63, 3.8) is 0 Å². The van der Waals surface area contributed by atoms with E-state index in [2.05, 4.69) is 5.32 Å². The average molecular weight is 351 g/mol. The van der Waals surface area contributed by atoms with Gasteiger partial charge < -0.3 is 10.2 Å². The number of hydrogen-bond donors (Lipinski definition) is 1. The summed E-state index contributed by atoms with van der Waals surface area (Å²) < 4.78 is 26.8. The fourth-order valence-electron chi connectivity index (χ4n) is 2.58. The smallest absolute Gasteiger partial charge is 0.229 e. The van der Waals surface area contributed by atoms with Gasteiger partial charge in [0.2, 0.25) is 11.8 Å². The number of nitrogens with one attached hydrogen (secondary N) is 1. The van der Waals surface area contributed by atoms with Gasteiger partial charge in [0.05, 0.1) is 11.6 Å². The van der Waals surface area contributed by atoms with E-state index in [9.17, 15) is 18.4 Å². The van der Waals surface area contributed by atoms with E-state index in [1.54, 1.807) is 24.3 Å². The van der Waals surface area contributed by atoms with Crippen LogP contribution in [0.2, 0.25) is 5.02 Å². The first-order valence-electron chi connectivity index (χ1n) is 7.26. The molecule has 1 N–H and O–H groups in total. The molecule has 2 aromatic rings. The minimum absolute atomic E-state index is 0.00535. The van der Waals surface area contributed by atoms with Crippen LogP contribution in [-0.4, -0.2) is 18.4 Å². The standard InChI is InChI=1S/C17H13ClF2N2O2/c18-11-1-4-13(5-2-11)22-9-10(7-16(22)23)17(24)21-15-8-12(19)3-6-14(15)20/h1-6,8,10H,7,9H2,(H,21,24). The number of benzene rings is 2. The highest BCUT2D eigenvalue weighted by Crippen LogP contribution is 2.27. The molecule has 1 atom stereocenters. The fraction of sp³-hybridized carbons (Fsp3) is 0.176. The Hall–Kier alpha value is -2.47. The lowest BCUT2D eigenvalue weighted by atomic mass is 10.1. The molecule has 2 amide bonds. The molecule has 4 nitrogen and oxygen atoms in total. The molecule has 0 aliphatic carbocycles. The molecule has 0 radical (unpaired) electrons. The Morgan fingerprint density at radius 3 is 2.58 bits per heavy atom. The third kappa shape index (κ3) is 3.38. The summed E-state index contributed by atoms with van der Waals surface area (Å²) >= 11 is 5.82. The van der Waals surface area contributed by atoms with Crippen molar-refractivity contribution < 1.29 is 18.4 Å². The van der Waals surface area contributed by atoms with Crippen molar-refractivity contribution >= 4 is 34.8 Å². The van der Waals surface area contributed by atoms with Gasteiger partial charge in [-0.3, -0.25) is 9.59 Å². The van der Waals surface area contributed by atoms with Crippen LogP contribution in [-0.2, 0) is 9.59 Å². The third-order valence-corrected chi connectivity index (χ3v) is 4.07. The van der Waals surface area contributed by atoms with E-state index in [-0.39, 0.29) is 24.6 Å². The Labute approximate surface area is 142 Å². The van der Waals surface area contributed by atoms with Crippen molar-refractivity contribution in [2.45, 2.75) is 6.42 Å². The predicted octanol–water partition coefficient (Wildman–Crippen LogP) is 3.61. The molecule has 124 valence electrons. The molecule has 1 saturated heterocycles. The van der Waals surface area contributed by atoms with Crippen LogP contribution >= 0.6 is 11.6 Å². The Balaban J connectivity index is 1.72. The quantitative estimate of drug-likeness (QED) is 0.919. The summed E-state index contributed by atoms with van der Waals surface area (Å²) in [6.45, 7) is 0.170. The van der Waals surface area contributed by atoms with Gasteiger partial charge in [-0.05, 0) is 36.4 Å². The molecule has 0 saturated carbocycles. The molecule has 0 aromatic heterocycles. The van der Waals surface area contributed by atoms with Gasteiger partial charge in [-0.15, -0.1) is 0 Å². The first-order chi connectivity index (χ1) is 11.4. The Bertz CT molecular complexity index is 796. The highest BCUT2D eigenvalue weighted by atomic mass is 35.5. The second-order valence-corrected chi connectivity index (χ2v) is 5.93. The van der Waals surface area contributed by atoms with Crippen LogP contribution in [0.1, 0.15) is 6.42 Å². The molecule has 7 heteroatoms. The van der Waals surface area contributed by atoms with Crippen LogP contribution in [0.3, 0.4) is 0 Å². The molecular weight excluding hydrogens is 338 g/mol. The largest absolute Gasteiger partial charge is 0.323 e. The van der Waals surface area contributed by atoms with Crippen molar-refractivity contribution in [3.05, 3.63) is 59.1 Å². The summed E-state index contributed by atoms with van der Waals surface area (Å²) in [5.41, 5.74) is 0.397. The zero-order valence-corrected chi connectivity index (χ0v) is 13.2. The summed E-state index contributed by atoms with van der Waals surface area (Å²) in [5, 5.41) is 2.88. The second-order valence-electron chi connectivity index (χ2n) is 5.50. The Morgan fingerprint density at radius 1 is 1.17 bits per heavy atom. The second kappa shape index (κ2) is 6.57. The minimum atomic E-state index is -0.733. The number of nitrogens with zero attached hydrogens (tertiary/aromatic N) is 1. The molecule has 0 bridgehead atoms. The van der Waals surface area contributed by atoms with Gasteiger partial charge in [-0.25, -0.2) is 8.78 Å². The summed E-state index contributed by atoms with van der Waals surface area (Å²) in [5.74, 6) is -2.77. The van der Waals surface area contributed by atoms with E-state index in [0.29, 0.717) is 10.7 Å². The summed E-state index contributed by atoms with van der Waals surface area (Å²) in [4.78, 5) is 25.9. The number of carbonyl (C=O) groups is 2. The van der Waals surface area contributed by atoms with Crippen LogP contribution in [0.4, 0.5) is 20.2 Å². The van der Waals surface area contributed by atoms with Gasteiger partial charge in [0.15, 0.2) is 0 Å². The maximum absolute atomic E-state index is 13.6. The van der Waals surface area contributed by atoms with Crippen molar-refractivity contribution in [1.82, 2.24) is 0 Å². The van der Waals surface area contributed by atoms with Gasteiger partial charge in [0.1, 0.15) is 11.6 Å². The van der Waals surface area contributed by atoms with Gasteiger partial charge in [0.25, 0.3) is 0 Å². The van der Waals surface area contributed by atoms with E-state index in [1.807, 2.05) is 0 Å². The number of amides is 2. The normalized spacial score (nSPS) is 17.2. The summed E-state index contributed by atoms with van der Waals surface area (Å²) in [6, 6.07) is 9.48. The van der Waals surface area contributed by atoms with E-state index in [1.165, 1.54) is 4.90 Å². The highest BCUT2D eigenvalue weighted by molar-refractivity contribution is 6.30. The van der Waals surface area contributed by atoms with Gasteiger partial charge in [0, 0.05) is 29.7 Å². The van der Waals surface area contributed by atoms with Crippen LogP contribution in [0.25, 0.3) is 0 Å². The maximum Gasteiger partial charge on any atom is 0.229 e. The van der Waals surface area contributed by atoms with Crippen molar-refractivity contribution in [2.24, 2.45) is 5.92 Å². The summed E-state index contributed by atoms with van der Waals surface area (Å²) in [6.07, 6.45) is 0.00535. The zero-order valence-electron chi connectivity index (χ0n) is 12.4. The topological polar surface area (TPSA) is 49.4 Å². The minimum Gasteiger partial charge on any atom is -0.323 e. The van der Waals surface area contributed by atoms with Crippen LogP contribution in [0.15, 0.2) is 42.5 Å². The Morgan fingerprint density at radius 2 is 1.88 bits per heavy atom. The van der Waals surface area contributed by atoms with E-state index >= 15 is 0 Å². The van der Waals surface area contributed by atoms with Crippen LogP contribution in [0, 0.1) is 17.6 Å². The van der Waals surface area contributed by atoms with Crippen LogP contribution in [0.5, 0.6) is 0 Å². The van der Waals surface area contributed by atoms with Crippen molar-refractivity contribution in [3.8, 4) is 0 Å². The number of anilines is 2. The SMILES string of the molecule is O=C(Nc1cc(F)ccc1F)C1CC(=O)N(c2ccc(Cl)cc2)C1.